The second-order valence-corrected chi connectivity index (χ2v) is 7.98. The molecular weight excluding hydrogens is 351 g/mol. The number of sulfonamides is 1. The van der Waals surface area contributed by atoms with Crippen LogP contribution in [0.25, 0.3) is 0 Å². The van der Waals surface area contributed by atoms with Crippen LogP contribution in [0, 0.1) is 12.7 Å². The number of benzene rings is 2. The average Bonchev–Trinajstić information content (AvgIpc) is 2.62. The molecule has 0 aliphatic carbocycles. The Morgan fingerprint density at radius 3 is 2.42 bits per heavy atom. The Bertz CT molecular complexity index is 974. The zero-order chi connectivity index (χ0) is 18.6. The van der Waals surface area contributed by atoms with Gasteiger partial charge in [-0.15, -0.1) is 0 Å². The summed E-state index contributed by atoms with van der Waals surface area (Å²) in [6.07, 6.45) is 3.23. The summed E-state index contributed by atoms with van der Waals surface area (Å²) < 4.78 is 41.1. The Hall–Kier alpha value is -2.73. The lowest BCUT2D eigenvalue weighted by molar-refractivity contribution is 0.589. The number of anilines is 1. The molecule has 0 aliphatic rings. The van der Waals surface area contributed by atoms with Crippen molar-refractivity contribution in [3.05, 3.63) is 95.6 Å². The van der Waals surface area contributed by atoms with Crippen molar-refractivity contribution in [3.63, 3.8) is 0 Å². The smallest absolute Gasteiger partial charge is 0.239 e. The molecule has 0 atom stereocenters. The molecule has 0 saturated carbocycles. The first-order chi connectivity index (χ1) is 12.4. The van der Waals surface area contributed by atoms with Gasteiger partial charge in [0.1, 0.15) is 5.82 Å². The highest BCUT2D eigenvalue weighted by Crippen LogP contribution is 2.24. The van der Waals surface area contributed by atoms with Gasteiger partial charge in [0.15, 0.2) is 0 Å². The normalized spacial score (nSPS) is 11.3. The number of halogens is 1. The number of pyridine rings is 1. The van der Waals surface area contributed by atoms with Crippen LogP contribution < -0.4 is 4.31 Å². The van der Waals surface area contributed by atoms with E-state index in [1.54, 1.807) is 42.7 Å². The highest BCUT2D eigenvalue weighted by atomic mass is 32.2. The van der Waals surface area contributed by atoms with Crippen molar-refractivity contribution in [1.82, 2.24) is 4.98 Å². The van der Waals surface area contributed by atoms with E-state index in [1.807, 2.05) is 19.1 Å². The van der Waals surface area contributed by atoms with Gasteiger partial charge in [0, 0.05) is 12.4 Å². The lowest BCUT2D eigenvalue weighted by atomic mass is 10.2. The summed E-state index contributed by atoms with van der Waals surface area (Å²) in [4.78, 5) is 4.03. The van der Waals surface area contributed by atoms with Gasteiger partial charge in [-0.25, -0.2) is 12.8 Å². The minimum Gasteiger partial charge on any atom is -0.265 e. The van der Waals surface area contributed by atoms with Crippen LogP contribution in [0.2, 0.25) is 0 Å². The second-order valence-electron chi connectivity index (χ2n) is 6.09. The van der Waals surface area contributed by atoms with E-state index in [2.05, 4.69) is 4.98 Å². The summed E-state index contributed by atoms with van der Waals surface area (Å²) in [5.41, 5.74) is 2.76. The van der Waals surface area contributed by atoms with Gasteiger partial charge in [0.2, 0.25) is 10.0 Å². The van der Waals surface area contributed by atoms with Gasteiger partial charge in [-0.2, -0.15) is 0 Å². The van der Waals surface area contributed by atoms with Crippen molar-refractivity contribution in [2.75, 3.05) is 4.31 Å². The molecule has 3 rings (SSSR count). The first kappa shape index (κ1) is 18.1. The van der Waals surface area contributed by atoms with Crippen molar-refractivity contribution in [2.24, 2.45) is 0 Å². The van der Waals surface area contributed by atoms with Gasteiger partial charge in [-0.3, -0.25) is 9.29 Å². The molecule has 1 heterocycles. The van der Waals surface area contributed by atoms with E-state index < -0.39 is 15.8 Å². The lowest BCUT2D eigenvalue weighted by Crippen LogP contribution is -2.31. The molecule has 0 N–H and O–H groups in total. The van der Waals surface area contributed by atoms with Crippen molar-refractivity contribution in [3.8, 4) is 0 Å². The summed E-state index contributed by atoms with van der Waals surface area (Å²) in [6.45, 7) is 2.03. The molecule has 1 aromatic heterocycles. The van der Waals surface area contributed by atoms with Crippen molar-refractivity contribution < 1.29 is 12.8 Å². The van der Waals surface area contributed by atoms with Crippen LogP contribution in [-0.4, -0.2) is 13.4 Å². The Balaban J connectivity index is 1.96. The van der Waals surface area contributed by atoms with E-state index in [9.17, 15) is 12.8 Å². The Labute approximate surface area is 153 Å². The third kappa shape index (κ3) is 4.46. The maximum absolute atomic E-state index is 13.7. The highest BCUT2D eigenvalue weighted by molar-refractivity contribution is 7.92. The summed E-state index contributed by atoms with van der Waals surface area (Å²) in [6, 6.07) is 16.5. The lowest BCUT2D eigenvalue weighted by Gasteiger charge is -2.24. The molecule has 0 unspecified atom stereocenters. The SMILES string of the molecule is Cc1ccc(CS(=O)(=O)N(Cc2cccnc2)c2cccc(F)c2)cc1. The Morgan fingerprint density at radius 1 is 1.00 bits per heavy atom. The van der Waals surface area contributed by atoms with Gasteiger partial charge in [0.05, 0.1) is 18.0 Å². The van der Waals surface area contributed by atoms with Gasteiger partial charge in [-0.05, 0) is 42.3 Å². The van der Waals surface area contributed by atoms with E-state index in [0.717, 1.165) is 11.1 Å². The molecule has 26 heavy (non-hydrogen) atoms. The molecule has 4 nitrogen and oxygen atoms in total. The van der Waals surface area contributed by atoms with Gasteiger partial charge in [0.25, 0.3) is 0 Å². The summed E-state index contributed by atoms with van der Waals surface area (Å²) in [7, 11) is -3.72. The van der Waals surface area contributed by atoms with Crippen LogP contribution in [0.15, 0.2) is 73.1 Å². The van der Waals surface area contributed by atoms with Crippen LogP contribution in [0.5, 0.6) is 0 Å². The van der Waals surface area contributed by atoms with Gasteiger partial charge < -0.3 is 0 Å². The summed E-state index contributed by atoms with van der Waals surface area (Å²) in [5, 5.41) is 0. The Kier molecular flexibility index (Phi) is 5.32. The minimum atomic E-state index is -3.72. The average molecular weight is 370 g/mol. The van der Waals surface area contributed by atoms with Crippen molar-refractivity contribution >= 4 is 15.7 Å². The maximum Gasteiger partial charge on any atom is 0.239 e. The summed E-state index contributed by atoms with van der Waals surface area (Å²) >= 11 is 0. The molecule has 0 radical (unpaired) electrons. The molecule has 6 heteroatoms. The number of aromatic nitrogens is 1. The monoisotopic (exact) mass is 370 g/mol. The van der Waals surface area contributed by atoms with Crippen LogP contribution in [0.4, 0.5) is 10.1 Å². The van der Waals surface area contributed by atoms with Crippen LogP contribution in [-0.2, 0) is 22.3 Å². The maximum atomic E-state index is 13.7. The first-order valence-corrected chi connectivity index (χ1v) is 9.75. The standard InChI is InChI=1S/C20H19FN2O2S/c1-16-7-9-17(10-8-16)15-26(24,25)23(14-18-4-3-11-22-13-18)20-6-2-5-19(21)12-20/h2-13H,14-15H2,1H3. The molecular formula is C20H19FN2O2S. The van der Waals surface area contributed by atoms with E-state index in [4.69, 9.17) is 0 Å². The molecule has 0 aliphatic heterocycles. The third-order valence-corrected chi connectivity index (χ3v) is 5.66. The molecule has 134 valence electrons. The van der Waals surface area contributed by atoms with E-state index in [1.165, 1.54) is 22.5 Å². The molecule has 0 saturated heterocycles. The first-order valence-electron chi connectivity index (χ1n) is 8.14. The zero-order valence-corrected chi connectivity index (χ0v) is 15.2. The minimum absolute atomic E-state index is 0.0888. The van der Waals surface area contributed by atoms with Crippen molar-refractivity contribution in [2.45, 2.75) is 19.2 Å². The quantitative estimate of drug-likeness (QED) is 0.657. The number of nitrogens with zero attached hydrogens (tertiary/aromatic N) is 2. The predicted octanol–water partition coefficient (Wildman–Crippen LogP) is 4.07. The second kappa shape index (κ2) is 7.66. The fraction of sp³-hybridized carbons (Fsp3) is 0.150. The highest BCUT2D eigenvalue weighted by Gasteiger charge is 2.24. The topological polar surface area (TPSA) is 50.3 Å². The zero-order valence-electron chi connectivity index (χ0n) is 14.3. The Morgan fingerprint density at radius 2 is 1.77 bits per heavy atom. The van der Waals surface area contributed by atoms with Crippen LogP contribution in [0.3, 0.4) is 0 Å². The van der Waals surface area contributed by atoms with E-state index >= 15 is 0 Å². The molecule has 2 aromatic carbocycles. The molecule has 3 aromatic rings. The van der Waals surface area contributed by atoms with Crippen LogP contribution in [0.1, 0.15) is 16.7 Å². The molecule has 0 amide bonds. The number of aryl methyl sites for hydroxylation is 1. The fourth-order valence-electron chi connectivity index (χ4n) is 2.61. The fourth-order valence-corrected chi connectivity index (χ4v) is 4.16. The third-order valence-electron chi connectivity index (χ3n) is 3.95. The molecule has 0 spiro atoms. The van der Waals surface area contributed by atoms with E-state index in [-0.39, 0.29) is 12.3 Å². The number of rotatable bonds is 6. The van der Waals surface area contributed by atoms with Gasteiger partial charge >= 0.3 is 0 Å². The van der Waals surface area contributed by atoms with E-state index in [0.29, 0.717) is 11.3 Å². The molecule has 0 bridgehead atoms. The number of hydrogen-bond acceptors (Lipinski definition) is 3. The number of hydrogen-bond donors (Lipinski definition) is 0. The van der Waals surface area contributed by atoms with Crippen molar-refractivity contribution in [1.29, 1.82) is 0 Å². The summed E-state index contributed by atoms with van der Waals surface area (Å²) in [5.74, 6) is -0.645. The van der Waals surface area contributed by atoms with Gasteiger partial charge in [-0.1, -0.05) is 42.0 Å². The molecule has 0 fully saturated rings. The van der Waals surface area contributed by atoms with Crippen LogP contribution >= 0.6 is 0 Å². The largest absolute Gasteiger partial charge is 0.265 e. The predicted molar refractivity (Wildman–Crippen MR) is 101 cm³/mol.